The molecule has 2 heterocycles. The SMILES string of the molecule is FC(F)c1cc(-c2ccc(Cl)cc2)nc(N/N=C\c2ccn(CC(F)(F)F)n2)n1. The van der Waals surface area contributed by atoms with Gasteiger partial charge in [-0.15, -0.1) is 0 Å². The van der Waals surface area contributed by atoms with Crippen LogP contribution in [0.2, 0.25) is 5.02 Å². The Bertz CT molecular complexity index is 1000. The third-order valence-corrected chi connectivity index (χ3v) is 3.73. The lowest BCUT2D eigenvalue weighted by molar-refractivity contribution is -0.142. The molecule has 0 saturated carbocycles. The van der Waals surface area contributed by atoms with Crippen molar-refractivity contribution in [2.24, 2.45) is 5.10 Å². The molecule has 152 valence electrons. The van der Waals surface area contributed by atoms with Gasteiger partial charge in [0.2, 0.25) is 5.95 Å². The molecule has 0 amide bonds. The molecule has 29 heavy (non-hydrogen) atoms. The minimum Gasteiger partial charge on any atom is -0.263 e. The largest absolute Gasteiger partial charge is 0.408 e. The Balaban J connectivity index is 1.78. The van der Waals surface area contributed by atoms with Crippen LogP contribution in [0.4, 0.5) is 27.9 Å². The highest BCUT2D eigenvalue weighted by molar-refractivity contribution is 6.30. The van der Waals surface area contributed by atoms with Crippen molar-refractivity contribution in [3.05, 3.63) is 59.0 Å². The summed E-state index contributed by atoms with van der Waals surface area (Å²) in [6.45, 7) is -1.24. The summed E-state index contributed by atoms with van der Waals surface area (Å²) in [5.41, 5.74) is 2.76. The lowest BCUT2D eigenvalue weighted by Gasteiger charge is -2.07. The van der Waals surface area contributed by atoms with Crippen molar-refractivity contribution >= 4 is 23.8 Å². The van der Waals surface area contributed by atoms with Gasteiger partial charge < -0.3 is 0 Å². The number of benzene rings is 1. The molecular weight excluding hydrogens is 419 g/mol. The maximum absolute atomic E-state index is 13.1. The molecule has 6 nitrogen and oxygen atoms in total. The van der Waals surface area contributed by atoms with Gasteiger partial charge in [0.05, 0.1) is 11.9 Å². The van der Waals surface area contributed by atoms with Gasteiger partial charge in [-0.1, -0.05) is 23.7 Å². The molecule has 1 aromatic carbocycles. The second-order valence-corrected chi connectivity index (χ2v) is 6.17. The number of aromatic nitrogens is 4. The van der Waals surface area contributed by atoms with Gasteiger partial charge in [0, 0.05) is 16.8 Å². The van der Waals surface area contributed by atoms with Crippen LogP contribution in [0.3, 0.4) is 0 Å². The highest BCUT2D eigenvalue weighted by atomic mass is 35.5. The molecule has 0 unspecified atom stereocenters. The topological polar surface area (TPSA) is 68.0 Å². The molecule has 0 atom stereocenters. The molecule has 3 rings (SSSR count). The molecule has 1 N–H and O–H groups in total. The average Bonchev–Trinajstić information content (AvgIpc) is 3.07. The van der Waals surface area contributed by atoms with Gasteiger partial charge in [0.1, 0.15) is 17.9 Å². The standard InChI is InChI=1S/C17H12ClF5N6/c18-11-3-1-10(2-4-11)13-7-14(15(19)20)26-16(25-13)27-24-8-12-5-6-29(28-12)9-17(21,22)23/h1-8,15H,9H2,(H,25,26,27)/b24-8-. The van der Waals surface area contributed by atoms with Crippen LogP contribution >= 0.6 is 11.6 Å². The molecule has 0 aliphatic rings. The van der Waals surface area contributed by atoms with E-state index in [4.69, 9.17) is 11.6 Å². The zero-order valence-electron chi connectivity index (χ0n) is 14.4. The summed E-state index contributed by atoms with van der Waals surface area (Å²) in [6.07, 6.45) is -4.98. The Morgan fingerprint density at radius 1 is 1.14 bits per heavy atom. The van der Waals surface area contributed by atoms with Gasteiger partial charge in [0.25, 0.3) is 6.43 Å². The van der Waals surface area contributed by atoms with E-state index in [1.807, 2.05) is 0 Å². The summed E-state index contributed by atoms with van der Waals surface area (Å²) in [4.78, 5) is 7.79. The molecular formula is C17H12ClF5N6. The monoisotopic (exact) mass is 430 g/mol. The molecule has 0 radical (unpaired) electrons. The molecule has 0 fully saturated rings. The molecule has 2 aromatic heterocycles. The summed E-state index contributed by atoms with van der Waals surface area (Å²) in [6, 6.07) is 8.85. The normalized spacial score (nSPS) is 12.1. The number of nitrogens with zero attached hydrogens (tertiary/aromatic N) is 5. The third kappa shape index (κ3) is 5.95. The van der Waals surface area contributed by atoms with Crippen LogP contribution in [-0.2, 0) is 6.54 Å². The summed E-state index contributed by atoms with van der Waals surface area (Å²) in [5.74, 6) is -0.210. The Labute approximate surface area is 166 Å². The van der Waals surface area contributed by atoms with Crippen molar-refractivity contribution in [3.63, 3.8) is 0 Å². The van der Waals surface area contributed by atoms with E-state index in [0.29, 0.717) is 15.3 Å². The zero-order chi connectivity index (χ0) is 21.0. The summed E-state index contributed by atoms with van der Waals surface area (Å²) < 4.78 is 64.0. The zero-order valence-corrected chi connectivity index (χ0v) is 15.2. The third-order valence-electron chi connectivity index (χ3n) is 3.47. The van der Waals surface area contributed by atoms with E-state index < -0.39 is 24.8 Å². The number of halogens is 6. The Morgan fingerprint density at radius 2 is 1.86 bits per heavy atom. The van der Waals surface area contributed by atoms with Crippen molar-refractivity contribution in [1.29, 1.82) is 0 Å². The maximum Gasteiger partial charge on any atom is 0.408 e. The van der Waals surface area contributed by atoms with Crippen molar-refractivity contribution in [2.45, 2.75) is 19.1 Å². The van der Waals surface area contributed by atoms with Crippen LogP contribution in [0.15, 0.2) is 47.7 Å². The quantitative estimate of drug-likeness (QED) is 0.342. The first-order valence-electron chi connectivity index (χ1n) is 8.02. The van der Waals surface area contributed by atoms with Gasteiger partial charge >= 0.3 is 6.18 Å². The first-order valence-corrected chi connectivity index (χ1v) is 8.40. The highest BCUT2D eigenvalue weighted by Crippen LogP contribution is 2.25. The summed E-state index contributed by atoms with van der Waals surface area (Å²) in [5, 5.41) is 7.90. The molecule has 0 aliphatic heterocycles. The molecule has 0 bridgehead atoms. The first-order chi connectivity index (χ1) is 13.7. The Morgan fingerprint density at radius 3 is 2.52 bits per heavy atom. The van der Waals surface area contributed by atoms with Crippen LogP contribution in [0.1, 0.15) is 17.8 Å². The second-order valence-electron chi connectivity index (χ2n) is 5.73. The molecule has 12 heteroatoms. The van der Waals surface area contributed by atoms with Crippen LogP contribution < -0.4 is 5.43 Å². The number of hydrazone groups is 1. The number of rotatable bonds is 6. The van der Waals surface area contributed by atoms with Gasteiger partial charge in [-0.25, -0.2) is 24.2 Å². The minimum absolute atomic E-state index is 0.129. The smallest absolute Gasteiger partial charge is 0.263 e. The van der Waals surface area contributed by atoms with Crippen molar-refractivity contribution in [3.8, 4) is 11.3 Å². The minimum atomic E-state index is -4.40. The van der Waals surface area contributed by atoms with E-state index in [2.05, 4.69) is 25.6 Å². The van der Waals surface area contributed by atoms with E-state index >= 15 is 0 Å². The van der Waals surface area contributed by atoms with Gasteiger partial charge in [-0.05, 0) is 24.3 Å². The summed E-state index contributed by atoms with van der Waals surface area (Å²) in [7, 11) is 0. The van der Waals surface area contributed by atoms with Crippen LogP contribution in [0, 0.1) is 0 Å². The Kier molecular flexibility index (Phi) is 6.06. The fourth-order valence-corrected chi connectivity index (χ4v) is 2.40. The molecule has 0 aliphatic carbocycles. The predicted molar refractivity (Wildman–Crippen MR) is 96.9 cm³/mol. The van der Waals surface area contributed by atoms with Crippen molar-refractivity contribution < 1.29 is 22.0 Å². The number of nitrogens with one attached hydrogen (secondary N) is 1. The van der Waals surface area contributed by atoms with Crippen LogP contribution in [-0.4, -0.2) is 32.1 Å². The van der Waals surface area contributed by atoms with E-state index in [1.54, 1.807) is 24.3 Å². The van der Waals surface area contributed by atoms with Crippen molar-refractivity contribution in [2.75, 3.05) is 5.43 Å². The fraction of sp³-hybridized carbons (Fsp3) is 0.176. The summed E-state index contributed by atoms with van der Waals surface area (Å²) >= 11 is 5.82. The lowest BCUT2D eigenvalue weighted by Crippen LogP contribution is -2.18. The Hall–Kier alpha value is -3.08. The van der Waals surface area contributed by atoms with Crippen molar-refractivity contribution in [1.82, 2.24) is 19.7 Å². The number of anilines is 1. The van der Waals surface area contributed by atoms with Gasteiger partial charge in [-0.2, -0.15) is 23.4 Å². The average molecular weight is 431 g/mol. The number of hydrogen-bond acceptors (Lipinski definition) is 5. The second kappa shape index (κ2) is 8.52. The van der Waals surface area contributed by atoms with E-state index in [-0.39, 0.29) is 17.3 Å². The number of hydrogen-bond donors (Lipinski definition) is 1. The fourth-order valence-electron chi connectivity index (χ4n) is 2.27. The van der Waals surface area contributed by atoms with Gasteiger partial charge in [-0.3, -0.25) is 4.68 Å². The molecule has 0 saturated heterocycles. The number of alkyl halides is 5. The van der Waals surface area contributed by atoms with E-state index in [0.717, 1.165) is 18.5 Å². The van der Waals surface area contributed by atoms with Crippen LogP contribution in [0.5, 0.6) is 0 Å². The first kappa shape index (κ1) is 20.6. The van der Waals surface area contributed by atoms with E-state index in [1.165, 1.54) is 6.07 Å². The highest BCUT2D eigenvalue weighted by Gasteiger charge is 2.28. The predicted octanol–water partition coefficient (Wildman–Crippen LogP) is 4.94. The lowest BCUT2D eigenvalue weighted by atomic mass is 10.1. The van der Waals surface area contributed by atoms with Crippen LogP contribution in [0.25, 0.3) is 11.3 Å². The molecule has 3 aromatic rings. The van der Waals surface area contributed by atoms with Gasteiger partial charge in [0.15, 0.2) is 0 Å². The maximum atomic E-state index is 13.1. The molecule has 0 spiro atoms. The van der Waals surface area contributed by atoms with E-state index in [9.17, 15) is 22.0 Å².